The van der Waals surface area contributed by atoms with Crippen LogP contribution in [-0.2, 0) is 20.7 Å². The van der Waals surface area contributed by atoms with Crippen LogP contribution in [0.5, 0.6) is 5.75 Å². The molecule has 3 aromatic rings. The molecule has 0 saturated carbocycles. The first kappa shape index (κ1) is 31.8. The number of terminal acetylenes is 1. The fourth-order valence-corrected chi connectivity index (χ4v) is 4.61. The molecule has 0 saturated heterocycles. The molecule has 3 rings (SSSR count). The molecule has 0 aliphatic carbocycles. The van der Waals surface area contributed by atoms with Crippen molar-refractivity contribution in [2.45, 2.75) is 72.6 Å². The van der Waals surface area contributed by atoms with E-state index in [0.717, 1.165) is 27.2 Å². The molecule has 0 radical (unpaired) electrons. The Morgan fingerprint density at radius 3 is 2.14 bits per heavy atom. The molecular weight excluding hydrogens is 530 g/mol. The van der Waals surface area contributed by atoms with Gasteiger partial charge in [0.2, 0.25) is 0 Å². The number of phenols is 1. The van der Waals surface area contributed by atoms with Crippen LogP contribution in [0, 0.1) is 40.2 Å². The standard InChI is InChI=1S/C34H39N3O5/c1-9-37(32(40)28(35-33(41)42-34(6,7)8)20-25-15-17-26(38)18-16-25)30(27-19-21(2)13-14-22(27)3)31(39)36-29-23(4)11-10-12-24(29)5/h1,10-19,28,30,38H,20H2,2-8H3,(H,35,41)(H,36,39). The molecule has 3 amide bonds. The fourth-order valence-electron chi connectivity index (χ4n) is 4.61. The summed E-state index contributed by atoms with van der Waals surface area (Å²) in [7, 11) is 0. The van der Waals surface area contributed by atoms with Gasteiger partial charge in [-0.1, -0.05) is 60.5 Å². The van der Waals surface area contributed by atoms with Crippen molar-refractivity contribution >= 4 is 23.6 Å². The largest absolute Gasteiger partial charge is 0.508 e. The van der Waals surface area contributed by atoms with Gasteiger partial charge in [0.15, 0.2) is 0 Å². The SMILES string of the molecule is C#CN(C(=O)C(Cc1ccc(O)cc1)NC(=O)OC(C)(C)C)C(C(=O)Nc1c(C)cccc1C)c1cc(C)ccc1C. The van der Waals surface area contributed by atoms with Gasteiger partial charge in [0.05, 0.1) is 0 Å². The zero-order valence-electron chi connectivity index (χ0n) is 25.2. The summed E-state index contributed by atoms with van der Waals surface area (Å²) in [6.07, 6.45) is 5.20. The number of carbonyl (C=O) groups excluding carboxylic acids is 3. The van der Waals surface area contributed by atoms with Gasteiger partial charge < -0.3 is 20.5 Å². The first-order valence-corrected chi connectivity index (χ1v) is 13.7. The minimum absolute atomic E-state index is 0.0363. The fraction of sp³-hybridized carbons (Fsp3) is 0.324. The summed E-state index contributed by atoms with van der Waals surface area (Å²) in [6.45, 7) is 12.7. The van der Waals surface area contributed by atoms with Crippen molar-refractivity contribution in [1.29, 1.82) is 0 Å². The zero-order valence-corrected chi connectivity index (χ0v) is 25.2. The van der Waals surface area contributed by atoms with Gasteiger partial charge in [0.25, 0.3) is 11.8 Å². The third kappa shape index (κ3) is 8.14. The lowest BCUT2D eigenvalue weighted by atomic mass is 9.95. The number of anilines is 1. The Hall–Kier alpha value is -4.77. The van der Waals surface area contributed by atoms with Crippen molar-refractivity contribution in [3.63, 3.8) is 0 Å². The van der Waals surface area contributed by atoms with Crippen molar-refractivity contribution in [2.24, 2.45) is 0 Å². The monoisotopic (exact) mass is 569 g/mol. The normalized spacial score (nSPS) is 12.4. The minimum atomic E-state index is -1.20. The van der Waals surface area contributed by atoms with Crippen LogP contribution in [0.2, 0.25) is 0 Å². The number of alkyl carbamates (subject to hydrolysis) is 1. The van der Waals surface area contributed by atoms with Crippen LogP contribution in [-0.4, -0.2) is 39.6 Å². The molecule has 3 aromatic carbocycles. The Morgan fingerprint density at radius 1 is 0.952 bits per heavy atom. The Labute approximate surface area is 248 Å². The summed E-state index contributed by atoms with van der Waals surface area (Å²) < 4.78 is 5.43. The van der Waals surface area contributed by atoms with E-state index in [-0.39, 0.29) is 12.2 Å². The predicted molar refractivity (Wildman–Crippen MR) is 164 cm³/mol. The number of nitrogens with zero attached hydrogens (tertiary/aromatic N) is 1. The van der Waals surface area contributed by atoms with Crippen molar-refractivity contribution in [2.75, 3.05) is 5.32 Å². The van der Waals surface area contributed by atoms with Crippen molar-refractivity contribution in [3.8, 4) is 18.2 Å². The highest BCUT2D eigenvalue weighted by Gasteiger charge is 2.37. The van der Waals surface area contributed by atoms with E-state index >= 15 is 0 Å². The number of aromatic hydroxyl groups is 1. The van der Waals surface area contributed by atoms with E-state index in [4.69, 9.17) is 11.2 Å². The molecule has 8 nitrogen and oxygen atoms in total. The Morgan fingerprint density at radius 2 is 1.57 bits per heavy atom. The summed E-state index contributed by atoms with van der Waals surface area (Å²) in [4.78, 5) is 42.2. The maximum Gasteiger partial charge on any atom is 0.408 e. The van der Waals surface area contributed by atoms with Gasteiger partial charge in [-0.3, -0.25) is 14.5 Å². The van der Waals surface area contributed by atoms with Crippen LogP contribution in [0.1, 0.15) is 60.2 Å². The third-order valence-corrected chi connectivity index (χ3v) is 6.71. The van der Waals surface area contributed by atoms with Gasteiger partial charge in [0, 0.05) is 18.2 Å². The lowest BCUT2D eigenvalue weighted by Crippen LogP contribution is -2.52. The predicted octanol–water partition coefficient (Wildman–Crippen LogP) is 5.86. The van der Waals surface area contributed by atoms with Crippen molar-refractivity contribution in [3.05, 3.63) is 94.0 Å². The molecule has 0 aliphatic heterocycles. The van der Waals surface area contributed by atoms with Crippen molar-refractivity contribution in [1.82, 2.24) is 10.2 Å². The number of phenolic OH excluding ortho intramolecular Hbond substituents is 1. The molecule has 0 fully saturated rings. The molecule has 0 spiro atoms. The van der Waals surface area contributed by atoms with E-state index in [1.54, 1.807) is 32.9 Å². The van der Waals surface area contributed by atoms with Crippen LogP contribution in [0.4, 0.5) is 10.5 Å². The van der Waals surface area contributed by atoms with E-state index in [9.17, 15) is 19.5 Å². The molecule has 8 heteroatoms. The number of nitrogens with one attached hydrogen (secondary N) is 2. The van der Waals surface area contributed by atoms with E-state index in [2.05, 4.69) is 16.7 Å². The maximum atomic E-state index is 14.2. The smallest absolute Gasteiger partial charge is 0.408 e. The van der Waals surface area contributed by atoms with Crippen molar-refractivity contribution < 1.29 is 24.2 Å². The second kappa shape index (κ2) is 13.3. The average molecular weight is 570 g/mol. The number of amides is 3. The molecule has 42 heavy (non-hydrogen) atoms. The Kier molecular flexibility index (Phi) is 10.0. The number of para-hydroxylation sites is 1. The van der Waals surface area contributed by atoms with Gasteiger partial charge in [-0.25, -0.2) is 4.79 Å². The van der Waals surface area contributed by atoms with Gasteiger partial charge >= 0.3 is 6.09 Å². The third-order valence-electron chi connectivity index (χ3n) is 6.71. The molecule has 2 unspecified atom stereocenters. The maximum absolute atomic E-state index is 14.2. The molecule has 0 bridgehead atoms. The second-order valence-electron chi connectivity index (χ2n) is 11.4. The highest BCUT2D eigenvalue weighted by atomic mass is 16.6. The molecule has 2 atom stereocenters. The highest BCUT2D eigenvalue weighted by Crippen LogP contribution is 2.29. The number of ether oxygens (including phenoxy) is 1. The van der Waals surface area contributed by atoms with Gasteiger partial charge in [-0.2, -0.15) is 0 Å². The topological polar surface area (TPSA) is 108 Å². The summed E-state index contributed by atoms with van der Waals surface area (Å²) in [5.74, 6) is -1.10. The minimum Gasteiger partial charge on any atom is -0.508 e. The van der Waals surface area contributed by atoms with E-state index in [1.165, 1.54) is 12.1 Å². The van der Waals surface area contributed by atoms with Crippen LogP contribution < -0.4 is 10.6 Å². The number of carbonyl (C=O) groups is 3. The number of rotatable bonds is 8. The van der Waals surface area contributed by atoms with Gasteiger partial charge in [-0.05, 0) is 88.4 Å². The van der Waals surface area contributed by atoms with Gasteiger partial charge in [-0.15, -0.1) is 0 Å². The number of hydrogen-bond acceptors (Lipinski definition) is 5. The molecule has 0 aromatic heterocycles. The Bertz CT molecular complexity index is 1480. The number of aryl methyl sites for hydroxylation is 4. The van der Waals surface area contributed by atoms with E-state index < -0.39 is 35.6 Å². The van der Waals surface area contributed by atoms with Crippen LogP contribution >= 0.6 is 0 Å². The molecule has 3 N–H and O–H groups in total. The molecule has 0 aliphatic rings. The Balaban J connectivity index is 2.09. The zero-order chi connectivity index (χ0) is 31.2. The number of hydrogen-bond donors (Lipinski definition) is 3. The highest BCUT2D eigenvalue weighted by molar-refractivity contribution is 6.00. The number of benzene rings is 3. The first-order chi connectivity index (χ1) is 19.7. The molecular formula is C34H39N3O5. The molecule has 220 valence electrons. The molecule has 0 heterocycles. The summed E-state index contributed by atoms with van der Waals surface area (Å²) in [6, 6.07) is 17.6. The lowest BCUT2D eigenvalue weighted by Gasteiger charge is -2.31. The first-order valence-electron chi connectivity index (χ1n) is 13.7. The summed E-state index contributed by atoms with van der Waals surface area (Å²) >= 11 is 0. The van der Waals surface area contributed by atoms with Gasteiger partial charge in [0.1, 0.15) is 23.4 Å². The van der Waals surface area contributed by atoms with E-state index in [1.807, 2.05) is 64.1 Å². The average Bonchev–Trinajstić information content (AvgIpc) is 2.90. The van der Waals surface area contributed by atoms with Crippen LogP contribution in [0.15, 0.2) is 60.7 Å². The van der Waals surface area contributed by atoms with Crippen LogP contribution in [0.3, 0.4) is 0 Å². The van der Waals surface area contributed by atoms with E-state index in [0.29, 0.717) is 16.8 Å². The quantitative estimate of drug-likeness (QED) is 0.233. The summed E-state index contributed by atoms with van der Waals surface area (Å²) in [5.41, 5.74) is 4.41. The summed E-state index contributed by atoms with van der Waals surface area (Å²) in [5, 5.41) is 15.4. The lowest BCUT2D eigenvalue weighted by molar-refractivity contribution is -0.136. The van der Waals surface area contributed by atoms with Crippen LogP contribution in [0.25, 0.3) is 0 Å². The second-order valence-corrected chi connectivity index (χ2v) is 11.4.